The van der Waals surface area contributed by atoms with Gasteiger partial charge in [0.25, 0.3) is 0 Å². The SMILES string of the molecule is CC.CC(=O)c1ccc(C(c2ccccc2)(c2ccccc2)N2C(=O)CC(C)C2=O)cc1. The largest absolute Gasteiger partial charge is 0.295 e. The van der Waals surface area contributed by atoms with Crippen molar-refractivity contribution >= 4 is 17.6 Å². The van der Waals surface area contributed by atoms with Crippen LogP contribution in [0.5, 0.6) is 0 Å². The molecule has 4 rings (SSSR count). The van der Waals surface area contributed by atoms with Gasteiger partial charge in [-0.15, -0.1) is 0 Å². The van der Waals surface area contributed by atoms with E-state index in [0.717, 1.165) is 16.7 Å². The number of Topliss-reactive ketones (excluding diaryl/α,β-unsaturated/α-hetero) is 1. The molecule has 0 spiro atoms. The summed E-state index contributed by atoms with van der Waals surface area (Å²) in [4.78, 5) is 39.7. The Kier molecular flexibility index (Phi) is 7.04. The number of rotatable bonds is 5. The molecule has 4 heteroatoms. The normalized spacial score (nSPS) is 15.9. The first-order valence-electron chi connectivity index (χ1n) is 11.1. The molecular formula is C28H29NO3. The van der Waals surface area contributed by atoms with Crippen molar-refractivity contribution in [2.75, 3.05) is 0 Å². The second kappa shape index (κ2) is 9.73. The molecule has 0 radical (unpaired) electrons. The monoisotopic (exact) mass is 427 g/mol. The van der Waals surface area contributed by atoms with Crippen LogP contribution in [0.3, 0.4) is 0 Å². The van der Waals surface area contributed by atoms with E-state index in [1.165, 1.54) is 11.8 Å². The molecule has 4 nitrogen and oxygen atoms in total. The van der Waals surface area contributed by atoms with Gasteiger partial charge in [-0.1, -0.05) is 106 Å². The molecule has 32 heavy (non-hydrogen) atoms. The van der Waals surface area contributed by atoms with Gasteiger partial charge >= 0.3 is 0 Å². The van der Waals surface area contributed by atoms with Crippen LogP contribution in [-0.4, -0.2) is 22.5 Å². The highest BCUT2D eigenvalue weighted by atomic mass is 16.2. The van der Waals surface area contributed by atoms with Gasteiger partial charge in [-0.2, -0.15) is 0 Å². The summed E-state index contributed by atoms with van der Waals surface area (Å²) in [6, 6.07) is 26.4. The molecule has 0 saturated carbocycles. The molecule has 1 aliphatic rings. The predicted molar refractivity (Wildman–Crippen MR) is 126 cm³/mol. The van der Waals surface area contributed by atoms with Crippen LogP contribution in [-0.2, 0) is 15.1 Å². The maximum Gasteiger partial charge on any atom is 0.233 e. The van der Waals surface area contributed by atoms with Crippen LogP contribution in [0.2, 0.25) is 0 Å². The molecule has 1 heterocycles. The number of ketones is 1. The van der Waals surface area contributed by atoms with Crippen molar-refractivity contribution in [3.8, 4) is 0 Å². The molecule has 3 aromatic rings. The van der Waals surface area contributed by atoms with Crippen molar-refractivity contribution in [1.82, 2.24) is 4.90 Å². The summed E-state index contributed by atoms with van der Waals surface area (Å²) in [5.41, 5.74) is 1.88. The van der Waals surface area contributed by atoms with Crippen LogP contribution in [0.1, 0.15) is 61.2 Å². The summed E-state index contributed by atoms with van der Waals surface area (Å²) in [5.74, 6) is -0.798. The molecular weight excluding hydrogens is 398 g/mol. The molecule has 1 aliphatic heterocycles. The Hall–Kier alpha value is -3.53. The third kappa shape index (κ3) is 3.89. The van der Waals surface area contributed by atoms with E-state index in [-0.39, 0.29) is 29.9 Å². The second-order valence-corrected chi connectivity index (χ2v) is 7.75. The molecule has 0 aliphatic carbocycles. The molecule has 2 amide bonds. The minimum absolute atomic E-state index is 0.0338. The number of nitrogens with zero attached hydrogens (tertiary/aromatic N) is 1. The molecule has 164 valence electrons. The fourth-order valence-corrected chi connectivity index (χ4v) is 4.33. The lowest BCUT2D eigenvalue weighted by Gasteiger charge is -2.42. The van der Waals surface area contributed by atoms with E-state index >= 15 is 0 Å². The lowest BCUT2D eigenvalue weighted by molar-refractivity contribution is -0.144. The number of hydrogen-bond acceptors (Lipinski definition) is 3. The molecule has 1 fully saturated rings. The first-order valence-corrected chi connectivity index (χ1v) is 11.1. The second-order valence-electron chi connectivity index (χ2n) is 7.75. The van der Waals surface area contributed by atoms with Crippen molar-refractivity contribution < 1.29 is 14.4 Å². The van der Waals surface area contributed by atoms with E-state index in [0.29, 0.717) is 5.56 Å². The Morgan fingerprint density at radius 3 is 1.59 bits per heavy atom. The van der Waals surface area contributed by atoms with Gasteiger partial charge in [0, 0.05) is 17.9 Å². The van der Waals surface area contributed by atoms with Crippen LogP contribution in [0, 0.1) is 5.92 Å². The summed E-state index contributed by atoms with van der Waals surface area (Å²) in [6.45, 7) is 7.31. The third-order valence-corrected chi connectivity index (χ3v) is 5.80. The Morgan fingerprint density at radius 1 is 0.781 bits per heavy atom. The maximum atomic E-state index is 13.3. The van der Waals surface area contributed by atoms with E-state index in [4.69, 9.17) is 0 Å². The fourth-order valence-electron chi connectivity index (χ4n) is 4.33. The van der Waals surface area contributed by atoms with Crippen molar-refractivity contribution in [2.24, 2.45) is 5.92 Å². The first-order chi connectivity index (χ1) is 15.5. The molecule has 1 unspecified atom stereocenters. The molecule has 3 aromatic carbocycles. The zero-order valence-electron chi connectivity index (χ0n) is 19.0. The number of benzene rings is 3. The Morgan fingerprint density at radius 2 is 1.22 bits per heavy atom. The summed E-state index contributed by atoms with van der Waals surface area (Å²) in [7, 11) is 0. The van der Waals surface area contributed by atoms with Crippen LogP contribution in [0.4, 0.5) is 0 Å². The molecule has 0 aromatic heterocycles. The average molecular weight is 428 g/mol. The summed E-state index contributed by atoms with van der Waals surface area (Å²) in [6.07, 6.45) is 0.186. The number of amides is 2. The van der Waals surface area contributed by atoms with Gasteiger partial charge in [0.05, 0.1) is 0 Å². The number of hydrogen-bond donors (Lipinski definition) is 0. The molecule has 1 saturated heterocycles. The van der Waals surface area contributed by atoms with Gasteiger partial charge in [-0.3, -0.25) is 19.3 Å². The highest BCUT2D eigenvalue weighted by molar-refractivity contribution is 6.05. The zero-order chi connectivity index (χ0) is 23.3. The van der Waals surface area contributed by atoms with Crippen molar-refractivity contribution in [3.63, 3.8) is 0 Å². The van der Waals surface area contributed by atoms with Gasteiger partial charge in [-0.25, -0.2) is 0 Å². The van der Waals surface area contributed by atoms with E-state index in [1.54, 1.807) is 19.1 Å². The molecule has 1 atom stereocenters. The quantitative estimate of drug-likeness (QED) is 0.302. The predicted octanol–water partition coefficient (Wildman–Crippen LogP) is 5.60. The van der Waals surface area contributed by atoms with Crippen LogP contribution in [0.25, 0.3) is 0 Å². The highest BCUT2D eigenvalue weighted by Crippen LogP contribution is 2.45. The average Bonchev–Trinajstić information content (AvgIpc) is 3.09. The Labute approximate surface area is 189 Å². The first kappa shape index (κ1) is 23.1. The summed E-state index contributed by atoms with van der Waals surface area (Å²) >= 11 is 0. The van der Waals surface area contributed by atoms with Gasteiger partial charge in [0.2, 0.25) is 11.8 Å². The standard InChI is InChI=1S/C26H23NO3.C2H6/c1-18-17-24(29)27(25(18)30)26(21-9-5-3-6-10-21,22-11-7-4-8-12-22)23-15-13-20(14-16-23)19(2)28;1-2/h3-16,18H,17H2,1-2H3;1-2H3. The van der Waals surface area contributed by atoms with E-state index < -0.39 is 5.54 Å². The van der Waals surface area contributed by atoms with E-state index in [9.17, 15) is 14.4 Å². The van der Waals surface area contributed by atoms with Crippen LogP contribution in [0.15, 0.2) is 84.9 Å². The summed E-state index contributed by atoms with van der Waals surface area (Å²) in [5, 5.41) is 0. The lowest BCUT2D eigenvalue weighted by Crippen LogP contribution is -2.51. The van der Waals surface area contributed by atoms with Gasteiger partial charge < -0.3 is 0 Å². The van der Waals surface area contributed by atoms with Gasteiger partial charge in [-0.05, 0) is 23.6 Å². The van der Waals surface area contributed by atoms with E-state index in [2.05, 4.69) is 0 Å². The van der Waals surface area contributed by atoms with Crippen molar-refractivity contribution in [3.05, 3.63) is 107 Å². The van der Waals surface area contributed by atoms with E-state index in [1.807, 2.05) is 86.6 Å². The topological polar surface area (TPSA) is 54.5 Å². The fraction of sp³-hybridized carbons (Fsp3) is 0.250. The van der Waals surface area contributed by atoms with Crippen molar-refractivity contribution in [2.45, 2.75) is 39.7 Å². The number of imide groups is 1. The number of carbonyl (C=O) groups is 3. The third-order valence-electron chi connectivity index (χ3n) is 5.80. The minimum Gasteiger partial charge on any atom is -0.295 e. The van der Waals surface area contributed by atoms with Gasteiger partial charge in [0.1, 0.15) is 5.54 Å². The number of likely N-dealkylation sites (tertiary alicyclic amines) is 1. The lowest BCUT2D eigenvalue weighted by atomic mass is 9.75. The van der Waals surface area contributed by atoms with Crippen LogP contribution < -0.4 is 0 Å². The smallest absolute Gasteiger partial charge is 0.233 e. The Balaban J connectivity index is 0.00000141. The zero-order valence-corrected chi connectivity index (χ0v) is 19.0. The summed E-state index contributed by atoms with van der Waals surface area (Å²) < 4.78 is 0. The minimum atomic E-state index is -1.11. The molecule has 0 N–H and O–H groups in total. The van der Waals surface area contributed by atoms with Crippen molar-refractivity contribution in [1.29, 1.82) is 0 Å². The van der Waals surface area contributed by atoms with Crippen LogP contribution >= 0.6 is 0 Å². The Bertz CT molecular complexity index is 1050. The maximum absolute atomic E-state index is 13.3. The van der Waals surface area contributed by atoms with Gasteiger partial charge in [0.15, 0.2) is 5.78 Å². The molecule has 0 bridgehead atoms. The highest BCUT2D eigenvalue weighted by Gasteiger charge is 2.52. The number of carbonyl (C=O) groups excluding carboxylic acids is 3.